The number of hydrogen-bond acceptors (Lipinski definition) is 2. The normalized spacial score (nSPS) is 21.9. The second-order valence-corrected chi connectivity index (χ2v) is 6.69. The molecular formula is C18H23N3O. The minimum Gasteiger partial charge on any atom is -0.337 e. The van der Waals surface area contributed by atoms with Gasteiger partial charge in [0.1, 0.15) is 5.69 Å². The fourth-order valence-corrected chi connectivity index (χ4v) is 3.30. The molecule has 4 nitrogen and oxygen atoms in total. The van der Waals surface area contributed by atoms with Crippen molar-refractivity contribution in [1.29, 1.82) is 0 Å². The largest absolute Gasteiger partial charge is 0.337 e. The van der Waals surface area contributed by atoms with Crippen LogP contribution in [-0.2, 0) is 0 Å². The molecule has 0 aliphatic carbocycles. The van der Waals surface area contributed by atoms with Crippen molar-refractivity contribution in [3.8, 4) is 11.3 Å². The molecule has 0 spiro atoms. The van der Waals surface area contributed by atoms with Crippen molar-refractivity contribution >= 4 is 5.91 Å². The zero-order valence-corrected chi connectivity index (χ0v) is 13.5. The Morgan fingerprint density at radius 3 is 2.45 bits per heavy atom. The van der Waals surface area contributed by atoms with Crippen molar-refractivity contribution in [3.05, 3.63) is 41.6 Å². The van der Waals surface area contributed by atoms with E-state index >= 15 is 0 Å². The second-order valence-electron chi connectivity index (χ2n) is 6.69. The predicted molar refractivity (Wildman–Crippen MR) is 87.6 cm³/mol. The van der Waals surface area contributed by atoms with Gasteiger partial charge in [-0.2, -0.15) is 5.10 Å². The van der Waals surface area contributed by atoms with E-state index in [0.717, 1.165) is 24.3 Å². The van der Waals surface area contributed by atoms with Crippen LogP contribution in [-0.4, -0.2) is 34.1 Å². The maximum atomic E-state index is 12.6. The van der Waals surface area contributed by atoms with E-state index in [9.17, 15) is 4.79 Å². The summed E-state index contributed by atoms with van der Waals surface area (Å²) in [6.45, 7) is 8.15. The highest BCUT2D eigenvalue weighted by Gasteiger charge is 2.27. The van der Waals surface area contributed by atoms with Crippen molar-refractivity contribution < 1.29 is 4.79 Å². The number of hydrogen-bond donors (Lipinski definition) is 1. The molecule has 1 amide bonds. The van der Waals surface area contributed by atoms with E-state index < -0.39 is 0 Å². The Balaban J connectivity index is 1.78. The van der Waals surface area contributed by atoms with Crippen molar-refractivity contribution in [2.75, 3.05) is 13.1 Å². The Hall–Kier alpha value is -2.10. The van der Waals surface area contributed by atoms with Gasteiger partial charge in [-0.15, -0.1) is 0 Å². The van der Waals surface area contributed by atoms with E-state index in [1.807, 2.05) is 23.1 Å². The van der Waals surface area contributed by atoms with E-state index in [1.165, 1.54) is 12.0 Å². The molecule has 0 saturated carbocycles. The zero-order chi connectivity index (χ0) is 15.7. The van der Waals surface area contributed by atoms with Crippen LogP contribution >= 0.6 is 0 Å². The van der Waals surface area contributed by atoms with Crippen LogP contribution in [0.1, 0.15) is 36.3 Å². The Labute approximate surface area is 131 Å². The highest BCUT2D eigenvalue weighted by Crippen LogP contribution is 2.23. The van der Waals surface area contributed by atoms with Gasteiger partial charge >= 0.3 is 0 Å². The molecule has 0 radical (unpaired) electrons. The third kappa shape index (κ3) is 3.06. The summed E-state index contributed by atoms with van der Waals surface area (Å²) in [6.07, 6.45) is 1.20. The minimum atomic E-state index is 0.0595. The van der Waals surface area contributed by atoms with Crippen molar-refractivity contribution in [2.24, 2.45) is 11.8 Å². The Morgan fingerprint density at radius 1 is 1.18 bits per heavy atom. The van der Waals surface area contributed by atoms with Gasteiger partial charge in [0.2, 0.25) is 0 Å². The number of aromatic amines is 1. The van der Waals surface area contributed by atoms with Crippen LogP contribution in [0.3, 0.4) is 0 Å². The number of piperidine rings is 1. The first-order chi connectivity index (χ1) is 10.5. The molecule has 2 aromatic rings. The summed E-state index contributed by atoms with van der Waals surface area (Å²) < 4.78 is 0. The van der Waals surface area contributed by atoms with Crippen LogP contribution in [0, 0.1) is 18.8 Å². The lowest BCUT2D eigenvalue weighted by atomic mass is 9.92. The number of nitrogens with zero attached hydrogens (tertiary/aromatic N) is 2. The summed E-state index contributed by atoms with van der Waals surface area (Å²) in [5, 5.41) is 7.20. The molecule has 1 aliphatic heterocycles. The average molecular weight is 297 g/mol. The van der Waals surface area contributed by atoms with E-state index in [-0.39, 0.29) is 5.91 Å². The number of nitrogens with one attached hydrogen (secondary N) is 1. The molecule has 2 atom stereocenters. The number of likely N-dealkylation sites (tertiary alicyclic amines) is 1. The Morgan fingerprint density at radius 2 is 1.82 bits per heavy atom. The molecule has 116 valence electrons. The number of aryl methyl sites for hydroxylation is 1. The summed E-state index contributed by atoms with van der Waals surface area (Å²) in [4.78, 5) is 14.6. The minimum absolute atomic E-state index is 0.0595. The summed E-state index contributed by atoms with van der Waals surface area (Å²) in [5.41, 5.74) is 3.64. The Bertz CT molecular complexity index is 649. The Kier molecular flexibility index (Phi) is 4.01. The number of benzene rings is 1. The molecular weight excluding hydrogens is 274 g/mol. The molecule has 0 bridgehead atoms. The van der Waals surface area contributed by atoms with E-state index in [2.05, 4.69) is 43.1 Å². The lowest BCUT2D eigenvalue weighted by Crippen LogP contribution is -2.42. The zero-order valence-electron chi connectivity index (χ0n) is 13.5. The molecule has 3 rings (SSSR count). The molecule has 1 N–H and O–H groups in total. The summed E-state index contributed by atoms with van der Waals surface area (Å²) in [6, 6.07) is 10.0. The number of carbonyl (C=O) groups is 1. The molecule has 1 saturated heterocycles. The lowest BCUT2D eigenvalue weighted by Gasteiger charge is -2.34. The molecule has 4 heteroatoms. The van der Waals surface area contributed by atoms with Crippen LogP contribution in [0.5, 0.6) is 0 Å². The smallest absolute Gasteiger partial charge is 0.271 e. The van der Waals surface area contributed by atoms with Gasteiger partial charge in [-0.1, -0.05) is 43.7 Å². The third-order valence-corrected chi connectivity index (χ3v) is 4.31. The second kappa shape index (κ2) is 5.95. The van der Waals surface area contributed by atoms with Gasteiger partial charge in [0.25, 0.3) is 5.91 Å². The molecule has 1 aromatic carbocycles. The van der Waals surface area contributed by atoms with Crippen LogP contribution in [0.15, 0.2) is 30.3 Å². The first-order valence-electron chi connectivity index (χ1n) is 7.94. The number of rotatable bonds is 2. The fraction of sp³-hybridized carbons (Fsp3) is 0.444. The van der Waals surface area contributed by atoms with Crippen molar-refractivity contribution in [3.63, 3.8) is 0 Å². The number of carbonyl (C=O) groups excluding carboxylic acids is 1. The van der Waals surface area contributed by atoms with Gasteiger partial charge in [-0.05, 0) is 31.2 Å². The van der Waals surface area contributed by atoms with Crippen LogP contribution in [0.2, 0.25) is 0 Å². The molecule has 2 heterocycles. The van der Waals surface area contributed by atoms with Crippen molar-refractivity contribution in [2.45, 2.75) is 27.2 Å². The molecule has 1 aliphatic rings. The quantitative estimate of drug-likeness (QED) is 0.922. The van der Waals surface area contributed by atoms with Gasteiger partial charge < -0.3 is 4.90 Å². The van der Waals surface area contributed by atoms with Gasteiger partial charge in [0.05, 0.1) is 5.69 Å². The van der Waals surface area contributed by atoms with E-state index in [0.29, 0.717) is 17.5 Å². The SMILES string of the molecule is Cc1ccc(-c2cc(C(=O)N3C[C@H](C)C[C@@H](C)C3)[nH]n2)cc1. The number of H-pyrrole nitrogens is 1. The lowest BCUT2D eigenvalue weighted by molar-refractivity contribution is 0.0617. The maximum Gasteiger partial charge on any atom is 0.271 e. The van der Waals surface area contributed by atoms with E-state index in [4.69, 9.17) is 0 Å². The summed E-state index contributed by atoms with van der Waals surface area (Å²) in [7, 11) is 0. The van der Waals surface area contributed by atoms with Crippen molar-refractivity contribution in [1.82, 2.24) is 15.1 Å². The topological polar surface area (TPSA) is 49.0 Å². The number of amides is 1. The third-order valence-electron chi connectivity index (χ3n) is 4.31. The predicted octanol–water partition coefficient (Wildman–Crippen LogP) is 3.50. The van der Waals surface area contributed by atoms with Crippen LogP contribution in [0.25, 0.3) is 11.3 Å². The number of aromatic nitrogens is 2. The molecule has 1 aromatic heterocycles. The standard InChI is InChI=1S/C18H23N3O/c1-12-4-6-15(7-5-12)16-9-17(20-19-16)18(22)21-10-13(2)8-14(3)11-21/h4-7,9,13-14H,8,10-11H2,1-3H3,(H,19,20)/t13-,14-/m1/s1. The highest BCUT2D eigenvalue weighted by atomic mass is 16.2. The monoisotopic (exact) mass is 297 g/mol. The average Bonchev–Trinajstić information content (AvgIpc) is 2.96. The molecule has 0 unspecified atom stereocenters. The van der Waals surface area contributed by atoms with Crippen LogP contribution in [0.4, 0.5) is 0 Å². The van der Waals surface area contributed by atoms with Gasteiger partial charge in [-0.25, -0.2) is 0 Å². The highest BCUT2D eigenvalue weighted by molar-refractivity contribution is 5.93. The first-order valence-corrected chi connectivity index (χ1v) is 7.94. The first kappa shape index (κ1) is 14.8. The van der Waals surface area contributed by atoms with Gasteiger partial charge in [0.15, 0.2) is 0 Å². The summed E-state index contributed by atoms with van der Waals surface area (Å²) in [5.74, 6) is 1.18. The van der Waals surface area contributed by atoms with Gasteiger partial charge in [0, 0.05) is 18.7 Å². The molecule has 1 fully saturated rings. The molecule has 22 heavy (non-hydrogen) atoms. The van der Waals surface area contributed by atoms with Crippen LogP contribution < -0.4 is 0 Å². The van der Waals surface area contributed by atoms with E-state index in [1.54, 1.807) is 0 Å². The summed E-state index contributed by atoms with van der Waals surface area (Å²) >= 11 is 0. The van der Waals surface area contributed by atoms with Gasteiger partial charge in [-0.3, -0.25) is 9.89 Å². The maximum absolute atomic E-state index is 12.6. The fourth-order valence-electron chi connectivity index (χ4n) is 3.30.